The Hall–Kier alpha value is -0.770. The second-order valence-corrected chi connectivity index (χ2v) is 2.93. The summed E-state index contributed by atoms with van der Waals surface area (Å²) in [5.41, 5.74) is -0.945. The lowest BCUT2D eigenvalue weighted by molar-refractivity contribution is -0.0320. The van der Waals surface area contributed by atoms with E-state index >= 15 is 0 Å². The Bertz CT molecular complexity index is 150. The van der Waals surface area contributed by atoms with Crippen molar-refractivity contribution in [1.82, 2.24) is 5.32 Å². The second kappa shape index (κ2) is 2.12. The summed E-state index contributed by atoms with van der Waals surface area (Å²) in [7, 11) is 0. The number of nitrogens with one attached hydrogen (secondary N) is 1. The van der Waals surface area contributed by atoms with E-state index in [2.05, 4.69) is 5.32 Å². The number of alkyl carbamates (subject to hydrolysis) is 1. The minimum absolute atomic E-state index is 0.391. The van der Waals surface area contributed by atoms with Crippen LogP contribution in [0.25, 0.3) is 0 Å². The third-order valence-electron chi connectivity index (χ3n) is 1.47. The molecule has 1 aliphatic heterocycles. The molecular weight excluding hydrogens is 134 g/mol. The fourth-order valence-corrected chi connectivity index (χ4v) is 0.783. The molecule has 1 atom stereocenters. The molecule has 1 fully saturated rings. The van der Waals surface area contributed by atoms with Crippen molar-refractivity contribution in [2.45, 2.75) is 25.6 Å². The van der Waals surface area contributed by atoms with Gasteiger partial charge in [-0.15, -0.1) is 0 Å². The summed E-state index contributed by atoms with van der Waals surface area (Å²) in [5, 5.41) is 11.8. The largest absolute Gasteiger partial charge is 0.441 e. The standard InChI is InChI=1S/C6H11NO3/c1-6(2,9)4-3-7-5(8)10-4/h4,9H,3H2,1-2H3,(H,7,8)/t4-/m0/s1. The van der Waals surface area contributed by atoms with Crippen molar-refractivity contribution in [1.29, 1.82) is 0 Å². The zero-order valence-corrected chi connectivity index (χ0v) is 6.05. The van der Waals surface area contributed by atoms with Gasteiger partial charge in [-0.05, 0) is 13.8 Å². The van der Waals surface area contributed by atoms with Gasteiger partial charge in [0.15, 0.2) is 0 Å². The molecule has 4 nitrogen and oxygen atoms in total. The fourth-order valence-electron chi connectivity index (χ4n) is 0.783. The van der Waals surface area contributed by atoms with E-state index in [0.29, 0.717) is 6.54 Å². The van der Waals surface area contributed by atoms with Gasteiger partial charge in [0.2, 0.25) is 0 Å². The maximum Gasteiger partial charge on any atom is 0.407 e. The number of aliphatic hydroxyl groups is 1. The first-order valence-corrected chi connectivity index (χ1v) is 3.17. The molecule has 0 spiro atoms. The minimum atomic E-state index is -0.945. The van der Waals surface area contributed by atoms with Gasteiger partial charge in [-0.2, -0.15) is 0 Å². The van der Waals surface area contributed by atoms with E-state index in [4.69, 9.17) is 4.74 Å². The van der Waals surface area contributed by atoms with Gasteiger partial charge in [0.05, 0.1) is 12.1 Å². The number of carbonyl (C=O) groups is 1. The SMILES string of the molecule is CC(C)(O)[C@@H]1CNC(=O)O1. The lowest BCUT2D eigenvalue weighted by atomic mass is 10.0. The van der Waals surface area contributed by atoms with Gasteiger partial charge in [0.1, 0.15) is 6.10 Å². The van der Waals surface area contributed by atoms with Gasteiger partial charge in [0.25, 0.3) is 0 Å². The number of ether oxygens (including phenoxy) is 1. The molecule has 10 heavy (non-hydrogen) atoms. The summed E-state index contributed by atoms with van der Waals surface area (Å²) in [6, 6.07) is 0. The molecule has 0 aromatic carbocycles. The quantitative estimate of drug-likeness (QED) is 0.540. The molecule has 0 unspecified atom stereocenters. The Labute approximate surface area is 59.2 Å². The van der Waals surface area contributed by atoms with Crippen LogP contribution in [0, 0.1) is 0 Å². The maximum absolute atomic E-state index is 10.5. The summed E-state index contributed by atoms with van der Waals surface area (Å²) in [5.74, 6) is 0. The second-order valence-electron chi connectivity index (χ2n) is 2.93. The van der Waals surface area contributed by atoms with Crippen LogP contribution in [0.15, 0.2) is 0 Å². The molecule has 1 saturated heterocycles. The molecule has 0 aromatic rings. The van der Waals surface area contributed by atoms with E-state index in [1.165, 1.54) is 0 Å². The Balaban J connectivity index is 2.53. The van der Waals surface area contributed by atoms with Crippen LogP contribution in [0.3, 0.4) is 0 Å². The van der Waals surface area contributed by atoms with E-state index in [0.717, 1.165) is 0 Å². The molecule has 4 heteroatoms. The topological polar surface area (TPSA) is 58.6 Å². The molecule has 1 aliphatic rings. The molecule has 0 saturated carbocycles. The van der Waals surface area contributed by atoms with Crippen molar-refractivity contribution in [2.75, 3.05) is 6.54 Å². The van der Waals surface area contributed by atoms with Crippen molar-refractivity contribution >= 4 is 6.09 Å². The Kier molecular flexibility index (Phi) is 1.56. The zero-order chi connectivity index (χ0) is 7.78. The number of hydrogen-bond acceptors (Lipinski definition) is 3. The van der Waals surface area contributed by atoms with E-state index in [-0.39, 0.29) is 0 Å². The van der Waals surface area contributed by atoms with Crippen LogP contribution >= 0.6 is 0 Å². The van der Waals surface area contributed by atoms with Crippen LogP contribution in [0.4, 0.5) is 4.79 Å². The first-order chi connectivity index (χ1) is 4.50. The van der Waals surface area contributed by atoms with Gasteiger partial charge in [-0.1, -0.05) is 0 Å². The minimum Gasteiger partial charge on any atom is -0.441 e. The van der Waals surface area contributed by atoms with Crippen LogP contribution < -0.4 is 5.32 Å². The highest BCUT2D eigenvalue weighted by atomic mass is 16.6. The monoisotopic (exact) mass is 145 g/mol. The zero-order valence-electron chi connectivity index (χ0n) is 6.05. The van der Waals surface area contributed by atoms with Gasteiger partial charge >= 0.3 is 6.09 Å². The summed E-state index contributed by atoms with van der Waals surface area (Å²) < 4.78 is 4.73. The van der Waals surface area contributed by atoms with E-state index in [1.54, 1.807) is 13.8 Å². The Morgan fingerprint density at radius 3 is 2.60 bits per heavy atom. The first kappa shape index (κ1) is 7.34. The highest BCUT2D eigenvalue weighted by Gasteiger charge is 2.34. The number of hydrogen-bond donors (Lipinski definition) is 2. The highest BCUT2D eigenvalue weighted by molar-refractivity contribution is 5.69. The van der Waals surface area contributed by atoms with Gasteiger partial charge < -0.3 is 15.2 Å². The third-order valence-corrected chi connectivity index (χ3v) is 1.47. The first-order valence-electron chi connectivity index (χ1n) is 3.17. The van der Waals surface area contributed by atoms with Crippen molar-refractivity contribution < 1.29 is 14.6 Å². The van der Waals surface area contributed by atoms with Crippen LogP contribution in [-0.4, -0.2) is 29.4 Å². The normalized spacial score (nSPS) is 25.9. The number of rotatable bonds is 1. The molecule has 1 amide bonds. The average Bonchev–Trinajstić information content (AvgIpc) is 2.11. The van der Waals surface area contributed by atoms with Gasteiger partial charge in [0, 0.05) is 0 Å². The third kappa shape index (κ3) is 1.39. The molecule has 58 valence electrons. The van der Waals surface area contributed by atoms with Crippen LogP contribution in [0.5, 0.6) is 0 Å². The lowest BCUT2D eigenvalue weighted by Gasteiger charge is -2.22. The molecule has 1 heterocycles. The average molecular weight is 145 g/mol. The number of amides is 1. The van der Waals surface area contributed by atoms with E-state index in [1.807, 2.05) is 0 Å². The predicted molar refractivity (Wildman–Crippen MR) is 34.6 cm³/mol. The molecular formula is C6H11NO3. The number of cyclic esters (lactones) is 1. The van der Waals surface area contributed by atoms with Crippen LogP contribution in [0.1, 0.15) is 13.8 Å². The van der Waals surface area contributed by atoms with Gasteiger partial charge in [-0.25, -0.2) is 4.79 Å². The Morgan fingerprint density at radius 2 is 2.40 bits per heavy atom. The van der Waals surface area contributed by atoms with E-state index in [9.17, 15) is 9.90 Å². The lowest BCUT2D eigenvalue weighted by Crippen LogP contribution is -2.38. The molecule has 0 aliphatic carbocycles. The maximum atomic E-state index is 10.5. The van der Waals surface area contributed by atoms with E-state index < -0.39 is 17.8 Å². The van der Waals surface area contributed by atoms with Gasteiger partial charge in [-0.3, -0.25) is 0 Å². The fraction of sp³-hybridized carbons (Fsp3) is 0.833. The number of carbonyl (C=O) groups excluding carboxylic acids is 1. The summed E-state index contributed by atoms with van der Waals surface area (Å²) in [6.45, 7) is 3.61. The smallest absolute Gasteiger partial charge is 0.407 e. The highest BCUT2D eigenvalue weighted by Crippen LogP contribution is 2.15. The summed E-state index contributed by atoms with van der Waals surface area (Å²) >= 11 is 0. The predicted octanol–water partition coefficient (Wildman–Crippen LogP) is -0.134. The molecule has 2 N–H and O–H groups in total. The van der Waals surface area contributed by atoms with Crippen molar-refractivity contribution in [3.8, 4) is 0 Å². The van der Waals surface area contributed by atoms with Crippen molar-refractivity contribution in [3.63, 3.8) is 0 Å². The van der Waals surface area contributed by atoms with Crippen LogP contribution in [0.2, 0.25) is 0 Å². The van der Waals surface area contributed by atoms with Crippen molar-refractivity contribution in [2.24, 2.45) is 0 Å². The summed E-state index contributed by atoms with van der Waals surface area (Å²) in [4.78, 5) is 10.5. The molecule has 0 aromatic heterocycles. The molecule has 0 bridgehead atoms. The van der Waals surface area contributed by atoms with Crippen molar-refractivity contribution in [3.05, 3.63) is 0 Å². The Morgan fingerprint density at radius 1 is 1.80 bits per heavy atom. The van der Waals surface area contributed by atoms with Crippen LogP contribution in [-0.2, 0) is 4.74 Å². The molecule has 0 radical (unpaired) electrons. The summed E-state index contributed by atoms with van der Waals surface area (Å²) in [6.07, 6.45) is -0.868. The molecule has 1 rings (SSSR count).